The Morgan fingerprint density at radius 3 is 2.45 bits per heavy atom. The molecule has 5 nitrogen and oxygen atoms in total. The van der Waals surface area contributed by atoms with Crippen LogP contribution in [0.4, 0.5) is 0 Å². The number of benzene rings is 3. The lowest BCUT2D eigenvalue weighted by atomic mass is 10.2. The van der Waals surface area contributed by atoms with Crippen LogP contribution in [-0.2, 0) is 0 Å². The fourth-order valence-corrected chi connectivity index (χ4v) is 4.44. The summed E-state index contributed by atoms with van der Waals surface area (Å²) < 4.78 is 4.58. The highest BCUT2D eigenvalue weighted by Crippen LogP contribution is 2.23. The van der Waals surface area contributed by atoms with Gasteiger partial charge in [0, 0.05) is 32.7 Å². The zero-order valence-electron chi connectivity index (χ0n) is 18.2. The number of aryl methyl sites for hydroxylation is 1. The monoisotopic (exact) mass is 496 g/mol. The van der Waals surface area contributed by atoms with Crippen molar-refractivity contribution in [2.24, 2.45) is 5.10 Å². The van der Waals surface area contributed by atoms with E-state index in [1.807, 2.05) is 60.7 Å². The fourth-order valence-electron chi connectivity index (χ4n) is 4.06. The quantitative estimate of drug-likeness (QED) is 0.281. The second-order valence-corrected chi connectivity index (χ2v) is 8.74. The van der Waals surface area contributed by atoms with Crippen LogP contribution in [0.5, 0.6) is 0 Å². The molecule has 0 amide bonds. The smallest absolute Gasteiger partial charge is 0.282 e. The molecule has 2 aromatic heterocycles. The van der Waals surface area contributed by atoms with Crippen LogP contribution in [0, 0.1) is 13.8 Å². The highest BCUT2D eigenvalue weighted by Gasteiger charge is 2.13. The van der Waals surface area contributed by atoms with Crippen molar-refractivity contribution in [3.8, 4) is 17.1 Å². The number of halogens is 1. The Morgan fingerprint density at radius 1 is 0.909 bits per heavy atom. The van der Waals surface area contributed by atoms with Crippen LogP contribution in [0.25, 0.3) is 28.0 Å². The molecule has 0 saturated carbocycles. The molecule has 162 valence electrons. The molecule has 0 aliphatic rings. The number of hydrogen-bond donors (Lipinski definition) is 0. The lowest BCUT2D eigenvalue weighted by molar-refractivity contribution is 0.829. The molecule has 33 heavy (non-hydrogen) atoms. The van der Waals surface area contributed by atoms with E-state index in [0.717, 1.165) is 32.7 Å². The topological polar surface area (TPSA) is 52.2 Å². The van der Waals surface area contributed by atoms with Gasteiger partial charge in [-0.2, -0.15) is 9.78 Å². The first-order valence-corrected chi connectivity index (χ1v) is 11.4. The maximum Gasteiger partial charge on any atom is 0.282 e. The number of para-hydroxylation sites is 1. The molecule has 2 heterocycles. The van der Waals surface area contributed by atoms with E-state index in [4.69, 9.17) is 4.98 Å². The molecule has 6 heteroatoms. The van der Waals surface area contributed by atoms with E-state index >= 15 is 0 Å². The summed E-state index contributed by atoms with van der Waals surface area (Å²) in [4.78, 5) is 18.1. The summed E-state index contributed by atoms with van der Waals surface area (Å²) in [7, 11) is 0. The number of aromatic nitrogens is 3. The summed E-state index contributed by atoms with van der Waals surface area (Å²) >= 11 is 3.55. The average molecular weight is 497 g/mol. The van der Waals surface area contributed by atoms with Crippen molar-refractivity contribution in [2.75, 3.05) is 0 Å². The third-order valence-corrected chi connectivity index (χ3v) is 6.13. The second-order valence-electron chi connectivity index (χ2n) is 7.82. The van der Waals surface area contributed by atoms with E-state index in [1.54, 1.807) is 12.3 Å². The minimum Gasteiger partial charge on any atom is -0.318 e. The largest absolute Gasteiger partial charge is 0.318 e. The Morgan fingerprint density at radius 2 is 1.67 bits per heavy atom. The van der Waals surface area contributed by atoms with Gasteiger partial charge in [0.05, 0.1) is 17.1 Å². The number of nitrogens with zero attached hydrogens (tertiary/aromatic N) is 4. The first-order chi connectivity index (χ1) is 16.0. The maximum atomic E-state index is 13.4. The van der Waals surface area contributed by atoms with Crippen molar-refractivity contribution in [2.45, 2.75) is 13.8 Å². The van der Waals surface area contributed by atoms with Crippen molar-refractivity contribution in [3.05, 3.63) is 117 Å². The third-order valence-electron chi connectivity index (χ3n) is 5.63. The number of rotatable bonds is 4. The molecule has 0 unspecified atom stereocenters. The zero-order valence-corrected chi connectivity index (χ0v) is 19.8. The van der Waals surface area contributed by atoms with Gasteiger partial charge < -0.3 is 4.57 Å². The molecular weight excluding hydrogens is 476 g/mol. The van der Waals surface area contributed by atoms with Crippen molar-refractivity contribution >= 4 is 33.0 Å². The van der Waals surface area contributed by atoms with Crippen LogP contribution in [0.15, 0.2) is 99.3 Å². The molecule has 0 bridgehead atoms. The van der Waals surface area contributed by atoms with E-state index in [0.29, 0.717) is 16.7 Å². The summed E-state index contributed by atoms with van der Waals surface area (Å²) in [5.74, 6) is 0.511. The van der Waals surface area contributed by atoms with Gasteiger partial charge in [0.25, 0.3) is 5.56 Å². The normalized spacial score (nSPS) is 11.5. The van der Waals surface area contributed by atoms with E-state index < -0.39 is 0 Å². The van der Waals surface area contributed by atoms with E-state index in [2.05, 4.69) is 57.6 Å². The van der Waals surface area contributed by atoms with Crippen LogP contribution in [0.2, 0.25) is 0 Å². The van der Waals surface area contributed by atoms with E-state index in [1.165, 1.54) is 4.68 Å². The van der Waals surface area contributed by atoms with Crippen molar-refractivity contribution in [3.63, 3.8) is 0 Å². The molecule has 0 saturated heterocycles. The van der Waals surface area contributed by atoms with Gasteiger partial charge in [0.1, 0.15) is 0 Å². The molecule has 5 aromatic rings. The lowest BCUT2D eigenvalue weighted by Crippen LogP contribution is -2.20. The van der Waals surface area contributed by atoms with Gasteiger partial charge in [-0.15, -0.1) is 0 Å². The summed E-state index contributed by atoms with van der Waals surface area (Å²) in [5.41, 5.74) is 5.41. The minimum atomic E-state index is -0.198. The molecule has 0 spiro atoms. The van der Waals surface area contributed by atoms with Crippen molar-refractivity contribution in [1.29, 1.82) is 0 Å². The minimum absolute atomic E-state index is 0.198. The Bertz CT molecular complexity index is 1560. The predicted octanol–water partition coefficient (Wildman–Crippen LogP) is 6.12. The predicted molar refractivity (Wildman–Crippen MR) is 137 cm³/mol. The molecule has 3 aromatic carbocycles. The van der Waals surface area contributed by atoms with Gasteiger partial charge >= 0.3 is 0 Å². The van der Waals surface area contributed by atoms with Crippen LogP contribution in [0.3, 0.4) is 0 Å². The summed E-state index contributed by atoms with van der Waals surface area (Å²) in [6, 6.07) is 27.2. The Kier molecular flexibility index (Phi) is 5.52. The van der Waals surface area contributed by atoms with Crippen molar-refractivity contribution in [1.82, 2.24) is 14.2 Å². The van der Waals surface area contributed by atoms with Gasteiger partial charge in [-0.05, 0) is 50.2 Å². The van der Waals surface area contributed by atoms with Gasteiger partial charge in [0.15, 0.2) is 5.82 Å². The Labute approximate surface area is 199 Å². The summed E-state index contributed by atoms with van der Waals surface area (Å²) in [5, 5.41) is 5.16. The SMILES string of the molecule is Cc1cc(C=Nn2c(-c3ccccc3)nc3ccccc3c2=O)c(C)n1-c1cccc(Br)c1. The standard InChI is InChI=1S/C27H21BrN4O/c1-18-15-21(19(2)31(18)23-12-8-11-22(28)16-23)17-29-32-26(20-9-4-3-5-10-20)30-25-14-7-6-13-24(25)27(32)33/h3-17H,1-2H3. The van der Waals surface area contributed by atoms with Crippen LogP contribution in [0.1, 0.15) is 17.0 Å². The Hall–Kier alpha value is -3.77. The second kappa shape index (κ2) is 8.64. The van der Waals surface area contributed by atoms with Crippen LogP contribution in [-0.4, -0.2) is 20.4 Å². The Balaban J connectivity index is 1.66. The number of hydrogen-bond acceptors (Lipinski definition) is 3. The highest BCUT2D eigenvalue weighted by molar-refractivity contribution is 9.10. The van der Waals surface area contributed by atoms with Gasteiger partial charge in [-0.3, -0.25) is 4.79 Å². The lowest BCUT2D eigenvalue weighted by Gasteiger charge is -2.10. The van der Waals surface area contributed by atoms with Gasteiger partial charge in [0.2, 0.25) is 0 Å². The molecule has 0 aliphatic carbocycles. The van der Waals surface area contributed by atoms with E-state index in [9.17, 15) is 4.79 Å². The van der Waals surface area contributed by atoms with Crippen molar-refractivity contribution < 1.29 is 0 Å². The molecule has 0 radical (unpaired) electrons. The first kappa shape index (κ1) is 21.1. The fraction of sp³-hybridized carbons (Fsp3) is 0.0741. The molecule has 0 aliphatic heterocycles. The summed E-state index contributed by atoms with van der Waals surface area (Å²) in [6.07, 6.45) is 1.74. The average Bonchev–Trinajstić information content (AvgIpc) is 3.11. The molecule has 5 rings (SSSR count). The zero-order chi connectivity index (χ0) is 22.9. The van der Waals surface area contributed by atoms with E-state index in [-0.39, 0.29) is 5.56 Å². The van der Waals surface area contributed by atoms with Gasteiger partial charge in [-0.25, -0.2) is 4.98 Å². The third kappa shape index (κ3) is 3.94. The maximum absolute atomic E-state index is 13.4. The van der Waals surface area contributed by atoms with Crippen LogP contribution >= 0.6 is 15.9 Å². The highest BCUT2D eigenvalue weighted by atomic mass is 79.9. The van der Waals surface area contributed by atoms with Gasteiger partial charge in [-0.1, -0.05) is 64.5 Å². The summed E-state index contributed by atoms with van der Waals surface area (Å²) in [6.45, 7) is 4.11. The van der Waals surface area contributed by atoms with Crippen LogP contribution < -0.4 is 5.56 Å². The first-order valence-electron chi connectivity index (χ1n) is 10.6. The molecule has 0 fully saturated rings. The molecular formula is C27H21BrN4O. The number of fused-ring (bicyclic) bond motifs is 1. The molecule has 0 atom stereocenters. The molecule has 0 N–H and O–H groups in total.